The van der Waals surface area contributed by atoms with Gasteiger partial charge in [0, 0.05) is 11.9 Å². The molecular formula is C10H16N2OS. The molecular weight excluding hydrogens is 196 g/mol. The van der Waals surface area contributed by atoms with Crippen molar-refractivity contribution < 1.29 is 5.11 Å². The first kappa shape index (κ1) is 10.1. The second-order valence-corrected chi connectivity index (χ2v) is 4.73. The van der Waals surface area contributed by atoms with Gasteiger partial charge in [-0.25, -0.2) is 4.98 Å². The van der Waals surface area contributed by atoms with Gasteiger partial charge < -0.3 is 10.4 Å². The molecule has 0 aliphatic heterocycles. The summed E-state index contributed by atoms with van der Waals surface area (Å²) in [4.78, 5) is 4.41. The molecule has 0 amide bonds. The van der Waals surface area contributed by atoms with Crippen molar-refractivity contribution >= 4 is 11.3 Å². The highest BCUT2D eigenvalue weighted by atomic mass is 32.1. The number of thiazole rings is 1. The molecule has 0 aromatic carbocycles. The molecule has 1 aromatic rings. The van der Waals surface area contributed by atoms with Gasteiger partial charge in [-0.15, -0.1) is 11.3 Å². The van der Waals surface area contributed by atoms with Crippen molar-refractivity contribution in [2.24, 2.45) is 5.92 Å². The molecule has 1 saturated carbocycles. The van der Waals surface area contributed by atoms with Crippen LogP contribution in [0.5, 0.6) is 0 Å². The van der Waals surface area contributed by atoms with Gasteiger partial charge in [0.25, 0.3) is 0 Å². The first-order valence-corrected chi connectivity index (χ1v) is 5.96. The smallest absolute Gasteiger partial charge is 0.122 e. The Kier molecular flexibility index (Phi) is 3.15. The minimum Gasteiger partial charge on any atom is -0.386 e. The van der Waals surface area contributed by atoms with Crippen LogP contribution in [0.2, 0.25) is 0 Å². The summed E-state index contributed by atoms with van der Waals surface area (Å²) in [6.07, 6.45) is 3.25. The lowest BCUT2D eigenvalue weighted by Crippen LogP contribution is -2.20. The molecule has 0 saturated heterocycles. The monoisotopic (exact) mass is 212 g/mol. The lowest BCUT2D eigenvalue weighted by atomic mass is 9.81. The first-order valence-electron chi connectivity index (χ1n) is 5.08. The average molecular weight is 212 g/mol. The second-order valence-electron chi connectivity index (χ2n) is 3.84. The highest BCUT2D eigenvalue weighted by molar-refractivity contribution is 7.09. The Morgan fingerprint density at radius 2 is 2.50 bits per heavy atom. The van der Waals surface area contributed by atoms with Gasteiger partial charge in [0.1, 0.15) is 11.1 Å². The molecule has 3 nitrogen and oxygen atoms in total. The van der Waals surface area contributed by atoms with Gasteiger partial charge in [0.2, 0.25) is 0 Å². The van der Waals surface area contributed by atoms with E-state index >= 15 is 0 Å². The van der Waals surface area contributed by atoms with Crippen molar-refractivity contribution in [3.8, 4) is 0 Å². The number of rotatable bonds is 4. The number of nitrogens with one attached hydrogen (secondary N) is 1. The van der Waals surface area contributed by atoms with Crippen LogP contribution in [0.15, 0.2) is 5.38 Å². The Balaban J connectivity index is 2.00. The summed E-state index contributed by atoms with van der Waals surface area (Å²) in [6, 6.07) is 0. The fourth-order valence-electron chi connectivity index (χ4n) is 1.68. The Bertz CT molecular complexity index is 296. The van der Waals surface area contributed by atoms with Crippen LogP contribution >= 0.6 is 11.3 Å². The van der Waals surface area contributed by atoms with Crippen LogP contribution in [-0.2, 0) is 6.54 Å². The first-order chi connectivity index (χ1) is 6.81. The minimum atomic E-state index is -0.320. The van der Waals surface area contributed by atoms with E-state index in [1.165, 1.54) is 6.42 Å². The van der Waals surface area contributed by atoms with Gasteiger partial charge in [-0.05, 0) is 25.8 Å². The zero-order chi connectivity index (χ0) is 9.97. The molecule has 4 heteroatoms. The van der Waals surface area contributed by atoms with Crippen LogP contribution in [0.4, 0.5) is 0 Å². The quantitative estimate of drug-likeness (QED) is 0.798. The van der Waals surface area contributed by atoms with Crippen LogP contribution in [0, 0.1) is 5.92 Å². The second kappa shape index (κ2) is 4.38. The largest absolute Gasteiger partial charge is 0.386 e. The minimum absolute atomic E-state index is 0.320. The number of aliphatic hydroxyl groups excluding tert-OH is 1. The summed E-state index contributed by atoms with van der Waals surface area (Å²) >= 11 is 1.57. The van der Waals surface area contributed by atoms with E-state index in [0.29, 0.717) is 5.92 Å². The van der Waals surface area contributed by atoms with E-state index in [1.807, 2.05) is 12.4 Å². The molecule has 1 aliphatic rings. The predicted molar refractivity (Wildman–Crippen MR) is 57.2 cm³/mol. The Labute approximate surface area is 88.2 Å². The van der Waals surface area contributed by atoms with Crippen LogP contribution in [0.3, 0.4) is 0 Å². The third kappa shape index (κ3) is 1.97. The number of hydrogen-bond acceptors (Lipinski definition) is 4. The molecule has 0 bridgehead atoms. The highest BCUT2D eigenvalue weighted by Crippen LogP contribution is 2.38. The predicted octanol–water partition coefficient (Wildman–Crippen LogP) is 1.70. The van der Waals surface area contributed by atoms with Gasteiger partial charge in [-0.2, -0.15) is 0 Å². The van der Waals surface area contributed by atoms with Crippen molar-refractivity contribution in [3.63, 3.8) is 0 Å². The summed E-state index contributed by atoms with van der Waals surface area (Å²) in [5, 5.41) is 15.9. The van der Waals surface area contributed by atoms with E-state index in [0.717, 1.165) is 30.1 Å². The normalized spacial score (nSPS) is 19.3. The molecule has 2 N–H and O–H groups in total. The van der Waals surface area contributed by atoms with Crippen molar-refractivity contribution in [2.75, 3.05) is 7.05 Å². The summed E-state index contributed by atoms with van der Waals surface area (Å²) in [5.41, 5.74) is 1.03. The molecule has 1 heterocycles. The standard InChI is InChI=1S/C10H16N2OS/c1-11-5-8-6-14-10(12-8)9(13)7-3-2-4-7/h6-7,9,11,13H,2-5H2,1H3. The number of hydrogen-bond donors (Lipinski definition) is 2. The lowest BCUT2D eigenvalue weighted by molar-refractivity contribution is 0.0618. The van der Waals surface area contributed by atoms with Gasteiger partial charge >= 0.3 is 0 Å². The molecule has 14 heavy (non-hydrogen) atoms. The Hall–Kier alpha value is -0.450. The van der Waals surface area contributed by atoms with E-state index < -0.39 is 0 Å². The fourth-order valence-corrected chi connectivity index (χ4v) is 2.57. The molecule has 1 unspecified atom stereocenters. The Morgan fingerprint density at radius 3 is 3.07 bits per heavy atom. The molecule has 0 spiro atoms. The van der Waals surface area contributed by atoms with Gasteiger partial charge in [-0.1, -0.05) is 6.42 Å². The maximum absolute atomic E-state index is 9.95. The van der Waals surface area contributed by atoms with Crippen LogP contribution in [0.25, 0.3) is 0 Å². The highest BCUT2D eigenvalue weighted by Gasteiger charge is 2.28. The van der Waals surface area contributed by atoms with Crippen LogP contribution in [0.1, 0.15) is 36.1 Å². The SMILES string of the molecule is CNCc1csc(C(O)C2CCC2)n1. The van der Waals surface area contributed by atoms with Crippen molar-refractivity contribution in [1.82, 2.24) is 10.3 Å². The van der Waals surface area contributed by atoms with Crippen LogP contribution < -0.4 is 5.32 Å². The number of aliphatic hydroxyl groups is 1. The summed E-state index contributed by atoms with van der Waals surface area (Å²) in [7, 11) is 1.90. The molecule has 1 aliphatic carbocycles. The molecule has 2 rings (SSSR count). The maximum atomic E-state index is 9.95. The third-order valence-electron chi connectivity index (χ3n) is 2.78. The number of nitrogens with zero attached hydrogens (tertiary/aromatic N) is 1. The van der Waals surface area contributed by atoms with E-state index in [9.17, 15) is 5.11 Å². The fraction of sp³-hybridized carbons (Fsp3) is 0.700. The summed E-state index contributed by atoms with van der Waals surface area (Å²) in [5.74, 6) is 0.462. The van der Waals surface area contributed by atoms with Crippen LogP contribution in [-0.4, -0.2) is 17.1 Å². The van der Waals surface area contributed by atoms with Crippen molar-refractivity contribution in [1.29, 1.82) is 0 Å². The van der Waals surface area contributed by atoms with Gasteiger partial charge in [0.05, 0.1) is 5.69 Å². The third-order valence-corrected chi connectivity index (χ3v) is 3.74. The van der Waals surface area contributed by atoms with E-state index in [1.54, 1.807) is 11.3 Å². The van der Waals surface area contributed by atoms with Crippen molar-refractivity contribution in [3.05, 3.63) is 16.1 Å². The zero-order valence-corrected chi connectivity index (χ0v) is 9.18. The molecule has 1 aromatic heterocycles. The zero-order valence-electron chi connectivity index (χ0n) is 8.36. The molecule has 0 radical (unpaired) electrons. The average Bonchev–Trinajstić information content (AvgIpc) is 2.50. The summed E-state index contributed by atoms with van der Waals surface area (Å²) < 4.78 is 0. The van der Waals surface area contributed by atoms with E-state index in [4.69, 9.17) is 0 Å². The Morgan fingerprint density at radius 1 is 1.71 bits per heavy atom. The lowest BCUT2D eigenvalue weighted by Gasteiger charge is -2.28. The molecule has 78 valence electrons. The van der Waals surface area contributed by atoms with Crippen molar-refractivity contribution in [2.45, 2.75) is 31.9 Å². The van der Waals surface area contributed by atoms with Gasteiger partial charge in [0.15, 0.2) is 0 Å². The van der Waals surface area contributed by atoms with Gasteiger partial charge in [-0.3, -0.25) is 0 Å². The molecule has 1 atom stereocenters. The summed E-state index contributed by atoms with van der Waals surface area (Å²) in [6.45, 7) is 0.786. The van der Waals surface area contributed by atoms with E-state index in [2.05, 4.69) is 10.3 Å². The maximum Gasteiger partial charge on any atom is 0.122 e. The topological polar surface area (TPSA) is 45.1 Å². The van der Waals surface area contributed by atoms with E-state index in [-0.39, 0.29) is 6.10 Å². The number of aromatic nitrogens is 1. The molecule has 1 fully saturated rings.